The maximum Gasteiger partial charge on any atom is 0.235 e. The van der Waals surface area contributed by atoms with Crippen LogP contribution in [0.15, 0.2) is 0 Å². The first kappa shape index (κ1) is 12.4. The van der Waals surface area contributed by atoms with E-state index < -0.39 is 22.0 Å². The Labute approximate surface area is 90.7 Å². The minimum atomic E-state index is -3.34. The second kappa shape index (κ2) is 3.75. The van der Waals surface area contributed by atoms with Crippen molar-refractivity contribution in [1.82, 2.24) is 4.31 Å². The van der Waals surface area contributed by atoms with Crippen LogP contribution < -0.4 is 5.73 Å². The van der Waals surface area contributed by atoms with E-state index in [1.165, 1.54) is 4.31 Å². The number of nitrogens with two attached hydrogens (primary N) is 1. The van der Waals surface area contributed by atoms with Gasteiger partial charge in [-0.1, -0.05) is 13.8 Å². The van der Waals surface area contributed by atoms with E-state index in [-0.39, 0.29) is 5.41 Å². The summed E-state index contributed by atoms with van der Waals surface area (Å²) in [6.45, 7) is 4.41. The summed E-state index contributed by atoms with van der Waals surface area (Å²) in [5, 5.41) is 0. The molecule has 1 unspecified atom stereocenters. The van der Waals surface area contributed by atoms with Crippen LogP contribution in [0.4, 0.5) is 0 Å². The van der Waals surface area contributed by atoms with Crippen LogP contribution in [0.1, 0.15) is 26.7 Å². The Hall–Kier alpha value is -0.620. The van der Waals surface area contributed by atoms with Crippen molar-refractivity contribution in [1.29, 1.82) is 0 Å². The summed E-state index contributed by atoms with van der Waals surface area (Å²) in [4.78, 5) is 11.2. The molecule has 15 heavy (non-hydrogen) atoms. The Morgan fingerprint density at radius 3 is 2.40 bits per heavy atom. The molecule has 1 fully saturated rings. The second-order valence-electron chi connectivity index (χ2n) is 4.91. The quantitative estimate of drug-likeness (QED) is 0.725. The first-order chi connectivity index (χ1) is 6.63. The molecule has 88 valence electrons. The molecule has 0 aromatic rings. The van der Waals surface area contributed by atoms with Gasteiger partial charge < -0.3 is 5.73 Å². The SMILES string of the molecule is CC1(C)CCN(S(C)(=O)=O)C(C(N)=O)C1. The Bertz CT molecular complexity index is 362. The van der Waals surface area contributed by atoms with Gasteiger partial charge in [0.1, 0.15) is 6.04 Å². The topological polar surface area (TPSA) is 80.5 Å². The average molecular weight is 234 g/mol. The fourth-order valence-corrected chi connectivity index (χ4v) is 3.00. The number of sulfonamides is 1. The number of hydrogen-bond acceptors (Lipinski definition) is 3. The molecule has 6 heteroatoms. The summed E-state index contributed by atoms with van der Waals surface area (Å²) in [7, 11) is -3.34. The second-order valence-corrected chi connectivity index (χ2v) is 6.85. The van der Waals surface area contributed by atoms with Crippen molar-refractivity contribution in [2.75, 3.05) is 12.8 Å². The van der Waals surface area contributed by atoms with Gasteiger partial charge >= 0.3 is 0 Å². The highest BCUT2D eigenvalue weighted by atomic mass is 32.2. The van der Waals surface area contributed by atoms with Crippen molar-refractivity contribution in [3.8, 4) is 0 Å². The molecule has 0 bridgehead atoms. The minimum Gasteiger partial charge on any atom is -0.368 e. The molecule has 0 radical (unpaired) electrons. The zero-order valence-corrected chi connectivity index (χ0v) is 10.2. The number of nitrogens with zero attached hydrogens (tertiary/aromatic N) is 1. The third-order valence-corrected chi connectivity index (χ3v) is 4.15. The summed E-state index contributed by atoms with van der Waals surface area (Å²) < 4.78 is 24.1. The third kappa shape index (κ3) is 2.92. The van der Waals surface area contributed by atoms with Crippen molar-refractivity contribution in [3.63, 3.8) is 0 Å². The smallest absolute Gasteiger partial charge is 0.235 e. The molecule has 0 aliphatic carbocycles. The van der Waals surface area contributed by atoms with E-state index in [0.717, 1.165) is 12.7 Å². The predicted octanol–water partition coefficient (Wildman–Crippen LogP) is -0.0781. The largest absolute Gasteiger partial charge is 0.368 e. The highest BCUT2D eigenvalue weighted by molar-refractivity contribution is 7.88. The first-order valence-electron chi connectivity index (χ1n) is 4.90. The van der Waals surface area contributed by atoms with Crippen molar-refractivity contribution in [2.24, 2.45) is 11.1 Å². The van der Waals surface area contributed by atoms with E-state index in [0.29, 0.717) is 13.0 Å². The van der Waals surface area contributed by atoms with Crippen LogP contribution in [0.3, 0.4) is 0 Å². The maximum absolute atomic E-state index is 11.4. The molecule has 0 spiro atoms. The summed E-state index contributed by atoms with van der Waals surface area (Å²) >= 11 is 0. The van der Waals surface area contributed by atoms with Gasteiger partial charge in [-0.15, -0.1) is 0 Å². The monoisotopic (exact) mass is 234 g/mol. The predicted molar refractivity (Wildman–Crippen MR) is 57.5 cm³/mol. The van der Waals surface area contributed by atoms with Crippen LogP contribution in [0.5, 0.6) is 0 Å². The van der Waals surface area contributed by atoms with E-state index in [1.807, 2.05) is 13.8 Å². The number of primary amides is 1. The Morgan fingerprint density at radius 2 is 2.00 bits per heavy atom. The normalized spacial score (nSPS) is 27.5. The number of carbonyl (C=O) groups excluding carboxylic acids is 1. The van der Waals surface area contributed by atoms with Gasteiger partial charge in [0.15, 0.2) is 0 Å². The number of rotatable bonds is 2. The van der Waals surface area contributed by atoms with Crippen molar-refractivity contribution in [2.45, 2.75) is 32.7 Å². The van der Waals surface area contributed by atoms with E-state index in [1.54, 1.807) is 0 Å². The van der Waals surface area contributed by atoms with Gasteiger partial charge in [0.25, 0.3) is 0 Å². The maximum atomic E-state index is 11.4. The molecule has 1 aliphatic heterocycles. The number of piperidine rings is 1. The van der Waals surface area contributed by atoms with Crippen LogP contribution in [-0.4, -0.2) is 37.5 Å². The van der Waals surface area contributed by atoms with Gasteiger partial charge in [-0.05, 0) is 18.3 Å². The summed E-state index contributed by atoms with van der Waals surface area (Å²) in [6.07, 6.45) is 2.36. The lowest BCUT2D eigenvalue weighted by Gasteiger charge is -2.40. The minimum absolute atomic E-state index is 0.0269. The molecule has 2 N–H and O–H groups in total. The molecular weight excluding hydrogens is 216 g/mol. The summed E-state index contributed by atoms with van der Waals surface area (Å²) in [6, 6.07) is -0.691. The molecule has 1 amide bonds. The van der Waals surface area contributed by atoms with Crippen LogP contribution in [0, 0.1) is 5.41 Å². The van der Waals surface area contributed by atoms with Gasteiger partial charge in [0.2, 0.25) is 15.9 Å². The first-order valence-corrected chi connectivity index (χ1v) is 6.74. The molecule has 1 saturated heterocycles. The summed E-state index contributed by atoms with van der Waals surface area (Å²) in [5.74, 6) is -0.562. The van der Waals surface area contributed by atoms with E-state index >= 15 is 0 Å². The van der Waals surface area contributed by atoms with E-state index in [2.05, 4.69) is 0 Å². The number of carbonyl (C=O) groups is 1. The molecule has 0 aromatic carbocycles. The molecule has 1 heterocycles. The lowest BCUT2D eigenvalue weighted by atomic mass is 9.79. The highest BCUT2D eigenvalue weighted by Crippen LogP contribution is 2.34. The summed E-state index contributed by atoms with van der Waals surface area (Å²) in [5.41, 5.74) is 5.20. The molecule has 1 rings (SSSR count). The van der Waals surface area contributed by atoms with Gasteiger partial charge in [0.05, 0.1) is 6.26 Å². The zero-order valence-electron chi connectivity index (χ0n) is 9.36. The average Bonchev–Trinajstić information content (AvgIpc) is 1.99. The van der Waals surface area contributed by atoms with Gasteiger partial charge in [-0.25, -0.2) is 8.42 Å². The van der Waals surface area contributed by atoms with Crippen molar-refractivity contribution >= 4 is 15.9 Å². The van der Waals surface area contributed by atoms with Crippen LogP contribution >= 0.6 is 0 Å². The fourth-order valence-electron chi connectivity index (χ4n) is 1.94. The van der Waals surface area contributed by atoms with Gasteiger partial charge in [0, 0.05) is 6.54 Å². The molecule has 0 aromatic heterocycles. The molecule has 1 atom stereocenters. The number of amides is 1. The lowest BCUT2D eigenvalue weighted by molar-refractivity contribution is -0.123. The van der Waals surface area contributed by atoms with E-state index in [9.17, 15) is 13.2 Å². The Morgan fingerprint density at radius 1 is 1.47 bits per heavy atom. The number of hydrogen-bond donors (Lipinski definition) is 1. The van der Waals surface area contributed by atoms with Crippen molar-refractivity contribution in [3.05, 3.63) is 0 Å². The molecule has 5 nitrogen and oxygen atoms in total. The fraction of sp³-hybridized carbons (Fsp3) is 0.889. The molecule has 1 aliphatic rings. The zero-order chi connectivity index (χ0) is 11.9. The van der Waals surface area contributed by atoms with E-state index in [4.69, 9.17) is 5.73 Å². The van der Waals surface area contributed by atoms with Gasteiger partial charge in [-0.2, -0.15) is 4.31 Å². The Balaban J connectivity index is 2.97. The lowest BCUT2D eigenvalue weighted by Crippen LogP contribution is -2.53. The van der Waals surface area contributed by atoms with Crippen LogP contribution in [-0.2, 0) is 14.8 Å². The van der Waals surface area contributed by atoms with Crippen LogP contribution in [0.2, 0.25) is 0 Å². The highest BCUT2D eigenvalue weighted by Gasteiger charge is 2.40. The standard InChI is InChI=1S/C9H18N2O3S/c1-9(2)4-5-11(15(3,13)14)7(6-9)8(10)12/h7H,4-6H2,1-3H3,(H2,10,12). The van der Waals surface area contributed by atoms with Gasteiger partial charge in [-0.3, -0.25) is 4.79 Å². The van der Waals surface area contributed by atoms with Crippen molar-refractivity contribution < 1.29 is 13.2 Å². The Kier molecular flexibility index (Phi) is 3.11. The molecule has 0 saturated carbocycles. The third-order valence-electron chi connectivity index (χ3n) is 2.86. The van der Waals surface area contributed by atoms with Crippen LogP contribution in [0.25, 0.3) is 0 Å². The molecular formula is C9H18N2O3S.